The molecule has 2 heterocycles. The molecule has 0 aliphatic rings. The number of carboxylic acid groups (broad SMARTS) is 1. The monoisotopic (exact) mass is 771 g/mol. The first-order valence-corrected chi connectivity index (χ1v) is 17.7. The fraction of sp³-hybridized carbons (Fsp3) is 0.357. The Hall–Kier alpha value is -6.31. The summed E-state index contributed by atoms with van der Waals surface area (Å²) in [7, 11) is 2.66. The molecule has 0 aliphatic heterocycles. The highest BCUT2D eigenvalue weighted by Crippen LogP contribution is 2.18. The number of alkyl carbamates (subject to hydrolysis) is 1. The van der Waals surface area contributed by atoms with E-state index in [-0.39, 0.29) is 17.8 Å². The number of carboxylic acids is 1. The van der Waals surface area contributed by atoms with E-state index in [1.165, 1.54) is 14.2 Å². The Morgan fingerprint density at radius 1 is 0.732 bits per heavy atom. The normalized spacial score (nSPS) is 11.5. The Morgan fingerprint density at radius 3 is 1.66 bits per heavy atom. The van der Waals surface area contributed by atoms with Crippen LogP contribution in [0.25, 0.3) is 0 Å². The summed E-state index contributed by atoms with van der Waals surface area (Å²) in [5, 5.41) is 14.1. The average molecular weight is 772 g/mol. The summed E-state index contributed by atoms with van der Waals surface area (Å²) >= 11 is 0. The Bertz CT molecular complexity index is 1920. The van der Waals surface area contributed by atoms with Crippen LogP contribution in [0, 0.1) is 33.6 Å². The van der Waals surface area contributed by atoms with E-state index in [4.69, 9.17) is 25.1 Å². The lowest BCUT2D eigenvalue weighted by Crippen LogP contribution is -2.45. The Balaban J connectivity index is 0.000000309. The van der Waals surface area contributed by atoms with Crippen molar-refractivity contribution in [2.75, 3.05) is 25.3 Å². The summed E-state index contributed by atoms with van der Waals surface area (Å²) in [6.07, 6.45) is 3.54. The van der Waals surface area contributed by atoms with Crippen molar-refractivity contribution in [3.63, 3.8) is 0 Å². The largest absolute Gasteiger partial charge is 0.478 e. The summed E-state index contributed by atoms with van der Waals surface area (Å²) in [6, 6.07) is 17.2. The molecule has 56 heavy (non-hydrogen) atoms. The van der Waals surface area contributed by atoms with Crippen molar-refractivity contribution < 1.29 is 43.3 Å². The Labute approximate surface area is 328 Å². The highest BCUT2D eigenvalue weighted by atomic mass is 16.6. The average Bonchev–Trinajstić information content (AvgIpc) is 3.12. The molecule has 0 saturated heterocycles. The van der Waals surface area contributed by atoms with Gasteiger partial charge in [0.15, 0.2) is 0 Å². The number of benzene rings is 2. The number of methoxy groups -OCH3 is 2. The number of aromatic carboxylic acids is 1. The zero-order valence-corrected chi connectivity index (χ0v) is 33.7. The van der Waals surface area contributed by atoms with Gasteiger partial charge in [-0.15, -0.1) is 0 Å². The number of ether oxygens (including phenoxy) is 3. The zero-order valence-electron chi connectivity index (χ0n) is 33.7. The number of anilines is 2. The number of aromatic nitrogens is 2. The molecule has 0 spiro atoms. The van der Waals surface area contributed by atoms with Gasteiger partial charge < -0.3 is 35.7 Å². The maximum absolute atomic E-state index is 12.4. The molecule has 4 aromatic rings. The Kier molecular flexibility index (Phi) is 17.6. The van der Waals surface area contributed by atoms with E-state index in [2.05, 4.69) is 20.6 Å². The topological polar surface area (TPSA) is 209 Å². The molecule has 0 fully saturated rings. The fourth-order valence-electron chi connectivity index (χ4n) is 5.29. The van der Waals surface area contributed by atoms with Gasteiger partial charge in [-0.25, -0.2) is 14.4 Å². The molecule has 0 bridgehead atoms. The van der Waals surface area contributed by atoms with E-state index >= 15 is 0 Å². The van der Waals surface area contributed by atoms with Crippen LogP contribution in [-0.4, -0.2) is 70.8 Å². The number of aryl methyl sites for hydroxylation is 4. The number of nitrogens with two attached hydrogens (primary N) is 1. The van der Waals surface area contributed by atoms with Gasteiger partial charge in [0.25, 0.3) is 5.91 Å². The fourth-order valence-corrected chi connectivity index (χ4v) is 5.29. The maximum atomic E-state index is 12.4. The van der Waals surface area contributed by atoms with Crippen molar-refractivity contribution >= 4 is 41.3 Å². The third kappa shape index (κ3) is 15.2. The smallest absolute Gasteiger partial charge is 0.408 e. The number of carbonyl (C=O) groups excluding carboxylic acids is 4. The molecule has 2 unspecified atom stereocenters. The van der Waals surface area contributed by atoms with Crippen molar-refractivity contribution in [1.29, 1.82) is 0 Å². The van der Waals surface area contributed by atoms with Gasteiger partial charge in [-0.1, -0.05) is 31.2 Å². The molecule has 2 atom stereocenters. The van der Waals surface area contributed by atoms with E-state index in [1.54, 1.807) is 77.3 Å². The number of esters is 2. The molecular weight excluding hydrogens is 718 g/mol. The van der Waals surface area contributed by atoms with Crippen molar-refractivity contribution in [1.82, 2.24) is 15.3 Å². The van der Waals surface area contributed by atoms with Crippen LogP contribution in [0.4, 0.5) is 16.2 Å². The lowest BCUT2D eigenvalue weighted by atomic mass is 10.0. The summed E-state index contributed by atoms with van der Waals surface area (Å²) < 4.78 is 14.6. The first-order valence-electron chi connectivity index (χ1n) is 17.7. The number of rotatable bonds is 10. The van der Waals surface area contributed by atoms with E-state index in [9.17, 15) is 24.0 Å². The number of carbonyl (C=O) groups is 5. The van der Waals surface area contributed by atoms with E-state index in [0.29, 0.717) is 46.7 Å². The molecule has 4 rings (SSSR count). The lowest BCUT2D eigenvalue weighted by molar-refractivity contribution is -0.145. The van der Waals surface area contributed by atoms with Gasteiger partial charge in [-0.3, -0.25) is 19.6 Å². The zero-order chi connectivity index (χ0) is 42.2. The molecular formula is C42H53N5O9. The number of amides is 2. The second-order valence-electron chi connectivity index (χ2n) is 13.9. The molecule has 0 aliphatic carbocycles. The predicted molar refractivity (Wildman–Crippen MR) is 213 cm³/mol. The summed E-state index contributed by atoms with van der Waals surface area (Å²) in [4.78, 5) is 66.1. The van der Waals surface area contributed by atoms with Crippen molar-refractivity contribution in [3.8, 4) is 0 Å². The Morgan fingerprint density at radius 2 is 1.21 bits per heavy atom. The van der Waals surface area contributed by atoms with Gasteiger partial charge in [0.1, 0.15) is 11.6 Å². The van der Waals surface area contributed by atoms with Crippen molar-refractivity contribution in [2.24, 2.45) is 5.92 Å². The number of nitrogen functional groups attached to an aromatic ring is 1. The SMILES string of the molecule is COC(=O)C(C)Cc1ccc(NC(=O)c2c(C)ccnc2C)cc1.COC(=O)C(Cc1ccc(N)cc1)NC(=O)OC(C)(C)C.Cc1ccnc(C)c1C(=O)O. The number of nitrogens with zero attached hydrogens (tertiary/aromatic N) is 2. The highest BCUT2D eigenvalue weighted by Gasteiger charge is 2.25. The van der Waals surface area contributed by atoms with Crippen LogP contribution in [0.1, 0.15) is 82.1 Å². The minimum absolute atomic E-state index is 0.172. The van der Waals surface area contributed by atoms with Gasteiger partial charge in [0.2, 0.25) is 0 Å². The number of hydrogen-bond acceptors (Lipinski definition) is 11. The van der Waals surface area contributed by atoms with Gasteiger partial charge in [0.05, 0.1) is 42.7 Å². The van der Waals surface area contributed by atoms with Crippen molar-refractivity contribution in [3.05, 3.63) is 118 Å². The summed E-state index contributed by atoms with van der Waals surface area (Å²) in [5.41, 5.74) is 12.0. The van der Waals surface area contributed by atoms with Crippen molar-refractivity contribution in [2.45, 2.75) is 79.9 Å². The van der Waals surface area contributed by atoms with Crippen LogP contribution >= 0.6 is 0 Å². The van der Waals surface area contributed by atoms with Crippen LogP contribution in [-0.2, 0) is 36.6 Å². The minimum Gasteiger partial charge on any atom is -0.478 e. The molecule has 14 heteroatoms. The highest BCUT2D eigenvalue weighted by molar-refractivity contribution is 6.06. The third-order valence-electron chi connectivity index (χ3n) is 8.09. The second-order valence-corrected chi connectivity index (χ2v) is 13.9. The number of hydrogen-bond donors (Lipinski definition) is 4. The van der Waals surface area contributed by atoms with Crippen LogP contribution < -0.4 is 16.4 Å². The molecule has 2 aromatic heterocycles. The predicted octanol–water partition coefficient (Wildman–Crippen LogP) is 6.58. The molecule has 300 valence electrons. The minimum atomic E-state index is -0.909. The van der Waals surface area contributed by atoms with Crippen LogP contribution in [0.5, 0.6) is 0 Å². The molecule has 2 aromatic carbocycles. The van der Waals surface area contributed by atoms with Gasteiger partial charge >= 0.3 is 24.0 Å². The maximum Gasteiger partial charge on any atom is 0.408 e. The van der Waals surface area contributed by atoms with E-state index in [0.717, 1.165) is 22.3 Å². The first-order chi connectivity index (χ1) is 26.3. The quantitative estimate of drug-likeness (QED) is 0.0766. The molecule has 0 saturated carbocycles. The lowest BCUT2D eigenvalue weighted by Gasteiger charge is -2.22. The van der Waals surface area contributed by atoms with Crippen LogP contribution in [0.3, 0.4) is 0 Å². The van der Waals surface area contributed by atoms with Gasteiger partial charge in [-0.2, -0.15) is 0 Å². The van der Waals surface area contributed by atoms with Gasteiger partial charge in [0, 0.05) is 30.2 Å². The van der Waals surface area contributed by atoms with Gasteiger partial charge in [-0.05, 0) is 114 Å². The molecule has 14 nitrogen and oxygen atoms in total. The second kappa shape index (κ2) is 21.5. The number of nitrogens with one attached hydrogen (secondary N) is 2. The molecule has 5 N–H and O–H groups in total. The van der Waals surface area contributed by atoms with E-state index in [1.807, 2.05) is 51.1 Å². The summed E-state index contributed by atoms with van der Waals surface area (Å²) in [5.74, 6) is -2.04. The standard InChI is InChI=1S/C19H22N2O3.C15H22N2O4.C8H9NO2/c1-12-9-10-20-14(3)17(12)18(22)21-16-7-5-15(6-8-16)11-13(2)19(23)24-4;1-15(2,3)21-14(19)17-12(13(18)20-4)9-10-5-7-11(16)8-6-10;1-5-3-4-9-6(2)7(5)8(10)11/h5-10,13H,11H2,1-4H3,(H,21,22);5-8,12H,9,16H2,1-4H3,(H,17,19);3-4H,1-2H3,(H,10,11). The molecule has 0 radical (unpaired) electrons. The van der Waals surface area contributed by atoms with Crippen LogP contribution in [0.15, 0.2) is 73.1 Å². The first kappa shape index (κ1) is 45.8. The molecule has 2 amide bonds. The number of pyridine rings is 2. The van der Waals surface area contributed by atoms with E-state index < -0.39 is 29.7 Å². The summed E-state index contributed by atoms with van der Waals surface area (Å²) in [6.45, 7) is 14.2. The van der Waals surface area contributed by atoms with Crippen LogP contribution in [0.2, 0.25) is 0 Å². The third-order valence-corrected chi connectivity index (χ3v) is 8.09.